The molecule has 1 aliphatic heterocycles. The van der Waals surface area contributed by atoms with E-state index in [4.69, 9.17) is 4.42 Å². The zero-order valence-corrected chi connectivity index (χ0v) is 15.7. The van der Waals surface area contributed by atoms with Crippen LogP contribution in [0.3, 0.4) is 0 Å². The fourth-order valence-corrected chi connectivity index (χ4v) is 3.48. The number of amides is 1. The van der Waals surface area contributed by atoms with Crippen LogP contribution in [0.4, 0.5) is 4.39 Å². The summed E-state index contributed by atoms with van der Waals surface area (Å²) in [5, 5.41) is 17.5. The highest BCUT2D eigenvalue weighted by Gasteiger charge is 2.36. The fourth-order valence-electron chi connectivity index (χ4n) is 3.48. The molecule has 1 aromatic carbocycles. The number of furan rings is 1. The number of aromatic nitrogens is 3. The van der Waals surface area contributed by atoms with E-state index >= 15 is 0 Å². The molecule has 1 atom stereocenters. The van der Waals surface area contributed by atoms with Crippen LogP contribution in [0.15, 0.2) is 40.8 Å². The summed E-state index contributed by atoms with van der Waals surface area (Å²) in [4.78, 5) is 25.7. The van der Waals surface area contributed by atoms with Crippen LogP contribution in [-0.4, -0.2) is 42.7 Å². The number of hydrogen-bond acceptors (Lipinski definition) is 5. The predicted octanol–water partition coefficient (Wildman–Crippen LogP) is 2.41. The maximum Gasteiger partial charge on any atom is 0.328 e. The Morgan fingerprint density at radius 3 is 2.79 bits per heavy atom. The van der Waals surface area contributed by atoms with Crippen molar-refractivity contribution in [2.75, 3.05) is 0 Å². The lowest BCUT2D eigenvalue weighted by molar-refractivity contribution is -0.152. The predicted molar refractivity (Wildman–Crippen MR) is 99.2 cm³/mol. The highest BCUT2D eigenvalue weighted by atomic mass is 19.1. The zero-order chi connectivity index (χ0) is 20.5. The van der Waals surface area contributed by atoms with Crippen LogP contribution in [0.5, 0.6) is 0 Å². The van der Waals surface area contributed by atoms with Gasteiger partial charge in [0.1, 0.15) is 29.2 Å². The standard InChI is InChI=1S/C20H19FN4O4/c1-12-22-23-18-11-25(16(20(27)28)10-24(12)18)19(26)9-7-13-6-8-17(29-13)14-4-2-3-5-15(14)21/h2-6,8,16H,7,9-11H2,1H3,(H,27,28). The Hall–Kier alpha value is -3.49. The summed E-state index contributed by atoms with van der Waals surface area (Å²) in [5.74, 6) is 0.324. The van der Waals surface area contributed by atoms with Gasteiger partial charge in [0.2, 0.25) is 5.91 Å². The molecule has 0 saturated carbocycles. The maximum absolute atomic E-state index is 13.9. The van der Waals surface area contributed by atoms with Crippen LogP contribution < -0.4 is 0 Å². The molecule has 0 fully saturated rings. The first-order chi connectivity index (χ1) is 13.9. The Morgan fingerprint density at radius 2 is 2.03 bits per heavy atom. The summed E-state index contributed by atoms with van der Waals surface area (Å²) in [6, 6.07) is 8.66. The van der Waals surface area contributed by atoms with E-state index in [0.717, 1.165) is 0 Å². The number of nitrogens with zero attached hydrogens (tertiary/aromatic N) is 4. The zero-order valence-electron chi connectivity index (χ0n) is 15.7. The molecule has 3 heterocycles. The normalized spacial score (nSPS) is 15.9. The first kappa shape index (κ1) is 18.9. The van der Waals surface area contributed by atoms with Gasteiger partial charge in [-0.05, 0) is 31.2 Å². The first-order valence-corrected chi connectivity index (χ1v) is 9.18. The number of carboxylic acid groups (broad SMARTS) is 1. The molecule has 3 aromatic rings. The molecule has 1 unspecified atom stereocenters. The second-order valence-electron chi connectivity index (χ2n) is 6.90. The molecule has 1 amide bonds. The lowest BCUT2D eigenvalue weighted by Crippen LogP contribution is -2.50. The van der Waals surface area contributed by atoms with Crippen LogP contribution in [-0.2, 0) is 29.1 Å². The number of benzene rings is 1. The molecule has 29 heavy (non-hydrogen) atoms. The van der Waals surface area contributed by atoms with Gasteiger partial charge in [0, 0.05) is 12.8 Å². The third-order valence-corrected chi connectivity index (χ3v) is 5.05. The molecule has 0 saturated heterocycles. The molecule has 0 bridgehead atoms. The van der Waals surface area contributed by atoms with Gasteiger partial charge in [0.05, 0.1) is 18.7 Å². The van der Waals surface area contributed by atoms with E-state index in [1.54, 1.807) is 41.8 Å². The average molecular weight is 398 g/mol. The monoisotopic (exact) mass is 398 g/mol. The molecule has 4 rings (SSSR count). The average Bonchev–Trinajstić information content (AvgIpc) is 3.32. The summed E-state index contributed by atoms with van der Waals surface area (Å²) in [7, 11) is 0. The minimum atomic E-state index is -1.07. The number of hydrogen-bond donors (Lipinski definition) is 1. The van der Waals surface area contributed by atoms with Crippen molar-refractivity contribution in [3.05, 3.63) is 59.6 Å². The molecular formula is C20H19FN4O4. The summed E-state index contributed by atoms with van der Waals surface area (Å²) >= 11 is 0. The van der Waals surface area contributed by atoms with Gasteiger partial charge in [-0.1, -0.05) is 12.1 Å². The van der Waals surface area contributed by atoms with Crippen LogP contribution >= 0.6 is 0 Å². The quantitative estimate of drug-likeness (QED) is 0.708. The van der Waals surface area contributed by atoms with Crippen molar-refractivity contribution in [2.45, 2.75) is 38.9 Å². The topological polar surface area (TPSA) is 101 Å². The van der Waals surface area contributed by atoms with Crippen molar-refractivity contribution in [2.24, 2.45) is 0 Å². The third kappa shape index (κ3) is 3.63. The number of carboxylic acids is 1. The number of aryl methyl sites for hydroxylation is 2. The molecule has 2 aromatic heterocycles. The van der Waals surface area contributed by atoms with Gasteiger partial charge in [-0.25, -0.2) is 9.18 Å². The Kier molecular flexibility index (Phi) is 4.87. The summed E-state index contributed by atoms with van der Waals surface area (Å²) in [6.07, 6.45) is 0.350. The number of carbonyl (C=O) groups is 2. The minimum absolute atomic E-state index is 0.0706. The van der Waals surface area contributed by atoms with Gasteiger partial charge in [0.15, 0.2) is 5.82 Å². The lowest BCUT2D eigenvalue weighted by Gasteiger charge is -2.33. The van der Waals surface area contributed by atoms with E-state index in [1.807, 2.05) is 0 Å². The number of halogens is 1. The maximum atomic E-state index is 13.9. The van der Waals surface area contributed by atoms with E-state index in [-0.39, 0.29) is 37.7 Å². The van der Waals surface area contributed by atoms with E-state index in [9.17, 15) is 19.1 Å². The van der Waals surface area contributed by atoms with Crippen molar-refractivity contribution in [3.8, 4) is 11.3 Å². The highest BCUT2D eigenvalue weighted by molar-refractivity contribution is 5.84. The van der Waals surface area contributed by atoms with Crippen LogP contribution in [0, 0.1) is 12.7 Å². The molecular weight excluding hydrogens is 379 g/mol. The molecule has 0 aliphatic carbocycles. The van der Waals surface area contributed by atoms with Crippen molar-refractivity contribution >= 4 is 11.9 Å². The SMILES string of the molecule is Cc1nnc2n1CC(C(=O)O)N(C(=O)CCc1ccc(-c3ccccc3F)o1)C2. The number of fused-ring (bicyclic) bond motifs is 1. The molecule has 9 heteroatoms. The van der Waals surface area contributed by atoms with Crippen LogP contribution in [0.1, 0.15) is 23.8 Å². The molecule has 1 N–H and O–H groups in total. The Morgan fingerprint density at radius 1 is 1.24 bits per heavy atom. The number of carbonyl (C=O) groups excluding carboxylic acids is 1. The van der Waals surface area contributed by atoms with E-state index < -0.39 is 12.0 Å². The van der Waals surface area contributed by atoms with Gasteiger partial charge in [-0.2, -0.15) is 0 Å². The van der Waals surface area contributed by atoms with Crippen molar-refractivity contribution < 1.29 is 23.5 Å². The van der Waals surface area contributed by atoms with Crippen molar-refractivity contribution in [3.63, 3.8) is 0 Å². The Bertz CT molecular complexity index is 1070. The van der Waals surface area contributed by atoms with Gasteiger partial charge in [-0.3, -0.25) is 4.79 Å². The highest BCUT2D eigenvalue weighted by Crippen LogP contribution is 2.26. The number of aliphatic carboxylic acids is 1. The second kappa shape index (κ2) is 7.50. The number of rotatable bonds is 5. The van der Waals surface area contributed by atoms with E-state index in [1.165, 1.54) is 11.0 Å². The van der Waals surface area contributed by atoms with Crippen LogP contribution in [0.25, 0.3) is 11.3 Å². The summed E-state index contributed by atoms with van der Waals surface area (Å²) < 4.78 is 21.3. The first-order valence-electron chi connectivity index (χ1n) is 9.18. The molecule has 0 radical (unpaired) electrons. The molecule has 1 aliphatic rings. The lowest BCUT2D eigenvalue weighted by atomic mass is 10.1. The van der Waals surface area contributed by atoms with Gasteiger partial charge in [-0.15, -0.1) is 10.2 Å². The fraction of sp³-hybridized carbons (Fsp3) is 0.300. The molecule has 8 nitrogen and oxygen atoms in total. The van der Waals surface area contributed by atoms with Crippen molar-refractivity contribution in [1.29, 1.82) is 0 Å². The van der Waals surface area contributed by atoms with Gasteiger partial charge < -0.3 is 19.0 Å². The second-order valence-corrected chi connectivity index (χ2v) is 6.90. The van der Waals surface area contributed by atoms with Gasteiger partial charge >= 0.3 is 5.97 Å². The van der Waals surface area contributed by atoms with Gasteiger partial charge in [0.25, 0.3) is 0 Å². The Labute approximate surface area is 165 Å². The molecule has 0 spiro atoms. The van der Waals surface area contributed by atoms with E-state index in [0.29, 0.717) is 28.7 Å². The minimum Gasteiger partial charge on any atom is -0.480 e. The smallest absolute Gasteiger partial charge is 0.328 e. The third-order valence-electron chi connectivity index (χ3n) is 5.05. The summed E-state index contributed by atoms with van der Waals surface area (Å²) in [5.41, 5.74) is 0.349. The summed E-state index contributed by atoms with van der Waals surface area (Å²) in [6.45, 7) is 1.96. The largest absolute Gasteiger partial charge is 0.480 e. The Balaban J connectivity index is 1.45. The van der Waals surface area contributed by atoms with E-state index in [2.05, 4.69) is 10.2 Å². The van der Waals surface area contributed by atoms with Crippen LogP contribution in [0.2, 0.25) is 0 Å². The molecule has 150 valence electrons. The van der Waals surface area contributed by atoms with Crippen molar-refractivity contribution in [1.82, 2.24) is 19.7 Å².